The maximum absolute atomic E-state index is 12.9. The zero-order valence-corrected chi connectivity index (χ0v) is 19.9. The van der Waals surface area contributed by atoms with Crippen molar-refractivity contribution in [3.05, 3.63) is 89.5 Å². The number of rotatable bonds is 4. The lowest BCUT2D eigenvalue weighted by Crippen LogP contribution is -2.38. The number of aromatic nitrogens is 1. The second kappa shape index (κ2) is 10.4. The Hall–Kier alpha value is -4.57. The summed E-state index contributed by atoms with van der Waals surface area (Å²) in [4.78, 5) is 31.3. The van der Waals surface area contributed by atoms with E-state index in [1.54, 1.807) is 18.2 Å². The van der Waals surface area contributed by atoms with Gasteiger partial charge in [-0.15, -0.1) is 0 Å². The van der Waals surface area contributed by atoms with Crippen molar-refractivity contribution in [2.75, 3.05) is 30.4 Å². The summed E-state index contributed by atoms with van der Waals surface area (Å²) in [5, 5.41) is 3.03. The van der Waals surface area contributed by atoms with E-state index in [2.05, 4.69) is 27.0 Å². The highest BCUT2D eigenvalue weighted by molar-refractivity contribution is 5.93. The SMILES string of the molecule is COC(=O)c1cccc(C#Cc2cccc(NC(=O)C3CCN(c4nc5ccccc5o4)CC3)c2)c1. The van der Waals surface area contributed by atoms with Gasteiger partial charge < -0.3 is 19.4 Å². The minimum atomic E-state index is -0.400. The summed E-state index contributed by atoms with van der Waals surface area (Å²) in [6.07, 6.45) is 1.45. The van der Waals surface area contributed by atoms with E-state index < -0.39 is 5.97 Å². The van der Waals surface area contributed by atoms with Gasteiger partial charge in [0.2, 0.25) is 5.91 Å². The van der Waals surface area contributed by atoms with Gasteiger partial charge in [-0.2, -0.15) is 4.98 Å². The van der Waals surface area contributed by atoms with Crippen molar-refractivity contribution in [3.63, 3.8) is 0 Å². The van der Waals surface area contributed by atoms with Gasteiger partial charge in [0.05, 0.1) is 12.7 Å². The smallest absolute Gasteiger partial charge is 0.337 e. The van der Waals surface area contributed by atoms with Gasteiger partial charge in [0.1, 0.15) is 5.52 Å². The standard InChI is InChI=1S/C29H25N3O4/c1-35-28(34)23-8-4-6-20(18-23)12-13-21-7-5-9-24(19-21)30-27(33)22-14-16-32(17-15-22)29-31-25-10-2-3-11-26(25)36-29/h2-11,18-19,22H,14-17H2,1H3,(H,30,33). The van der Waals surface area contributed by atoms with Crippen LogP contribution in [0.5, 0.6) is 0 Å². The van der Waals surface area contributed by atoms with E-state index in [4.69, 9.17) is 9.15 Å². The highest BCUT2D eigenvalue weighted by Crippen LogP contribution is 2.27. The van der Waals surface area contributed by atoms with E-state index in [0.29, 0.717) is 35.9 Å². The number of oxazole rings is 1. The largest absolute Gasteiger partial charge is 0.465 e. The molecule has 36 heavy (non-hydrogen) atoms. The Morgan fingerprint density at radius 1 is 0.972 bits per heavy atom. The summed E-state index contributed by atoms with van der Waals surface area (Å²) >= 11 is 0. The lowest BCUT2D eigenvalue weighted by molar-refractivity contribution is -0.120. The van der Waals surface area contributed by atoms with E-state index >= 15 is 0 Å². The second-order valence-corrected chi connectivity index (χ2v) is 8.62. The summed E-state index contributed by atoms with van der Waals surface area (Å²) in [5.74, 6) is 5.68. The summed E-state index contributed by atoms with van der Waals surface area (Å²) in [6, 6.07) is 22.7. The van der Waals surface area contributed by atoms with Gasteiger partial charge in [0.15, 0.2) is 5.58 Å². The summed E-state index contributed by atoms with van der Waals surface area (Å²) in [6.45, 7) is 1.42. The van der Waals surface area contributed by atoms with Gasteiger partial charge in [0.25, 0.3) is 6.01 Å². The third-order valence-electron chi connectivity index (χ3n) is 6.18. The first kappa shape index (κ1) is 23.2. The van der Waals surface area contributed by atoms with E-state index in [0.717, 1.165) is 29.5 Å². The fraction of sp³-hybridized carbons (Fsp3) is 0.207. The fourth-order valence-corrected chi connectivity index (χ4v) is 4.23. The molecule has 1 fully saturated rings. The predicted molar refractivity (Wildman–Crippen MR) is 138 cm³/mol. The molecule has 1 saturated heterocycles. The Balaban J connectivity index is 1.19. The molecule has 7 nitrogen and oxygen atoms in total. The van der Waals surface area contributed by atoms with Gasteiger partial charge in [-0.3, -0.25) is 4.79 Å². The molecule has 1 N–H and O–H groups in total. The molecule has 2 heterocycles. The van der Waals surface area contributed by atoms with Gasteiger partial charge in [-0.05, 0) is 61.4 Å². The summed E-state index contributed by atoms with van der Waals surface area (Å²) < 4.78 is 10.6. The maximum atomic E-state index is 12.9. The van der Waals surface area contributed by atoms with Crippen LogP contribution in [0.4, 0.5) is 11.7 Å². The minimum Gasteiger partial charge on any atom is -0.465 e. The van der Waals surface area contributed by atoms with Crippen molar-refractivity contribution < 1.29 is 18.7 Å². The minimum absolute atomic E-state index is 0.00287. The number of carbonyl (C=O) groups is 2. The number of hydrogen-bond donors (Lipinski definition) is 1. The molecule has 0 unspecified atom stereocenters. The lowest BCUT2D eigenvalue weighted by atomic mass is 9.96. The second-order valence-electron chi connectivity index (χ2n) is 8.62. The normalized spacial score (nSPS) is 13.6. The van der Waals surface area contributed by atoms with Gasteiger partial charge >= 0.3 is 5.97 Å². The number of piperidine rings is 1. The van der Waals surface area contributed by atoms with Crippen LogP contribution in [0.3, 0.4) is 0 Å². The summed E-state index contributed by atoms with van der Waals surface area (Å²) in [7, 11) is 1.35. The molecule has 0 radical (unpaired) electrons. The molecule has 0 bridgehead atoms. The van der Waals surface area contributed by atoms with E-state index in [1.165, 1.54) is 7.11 Å². The average molecular weight is 480 g/mol. The van der Waals surface area contributed by atoms with Crippen molar-refractivity contribution in [1.82, 2.24) is 4.98 Å². The number of amides is 1. The molecular weight excluding hydrogens is 454 g/mol. The maximum Gasteiger partial charge on any atom is 0.337 e. The molecule has 1 aromatic heterocycles. The Bertz CT molecular complexity index is 1440. The van der Waals surface area contributed by atoms with E-state index in [-0.39, 0.29) is 11.8 Å². The third kappa shape index (κ3) is 5.23. The molecule has 0 spiro atoms. The van der Waals surface area contributed by atoms with Crippen molar-refractivity contribution in [1.29, 1.82) is 0 Å². The number of hydrogen-bond acceptors (Lipinski definition) is 6. The summed E-state index contributed by atoms with van der Waals surface area (Å²) in [5.41, 5.74) is 4.24. The van der Waals surface area contributed by atoms with Crippen molar-refractivity contribution in [2.45, 2.75) is 12.8 Å². The van der Waals surface area contributed by atoms with Gasteiger partial charge in [-0.1, -0.05) is 36.1 Å². The molecule has 4 aromatic rings. The Morgan fingerprint density at radius 3 is 2.44 bits per heavy atom. The van der Waals surface area contributed by atoms with Gasteiger partial charge in [-0.25, -0.2) is 4.79 Å². The number of ether oxygens (including phenoxy) is 1. The predicted octanol–water partition coefficient (Wildman–Crippen LogP) is 4.87. The quantitative estimate of drug-likeness (QED) is 0.332. The van der Waals surface area contributed by atoms with Crippen LogP contribution in [0.2, 0.25) is 0 Å². The van der Waals surface area contributed by atoms with E-state index in [9.17, 15) is 9.59 Å². The monoisotopic (exact) mass is 479 g/mol. The Morgan fingerprint density at radius 2 is 1.69 bits per heavy atom. The average Bonchev–Trinajstić information content (AvgIpc) is 3.36. The first-order chi connectivity index (χ1) is 17.6. The Kier molecular flexibility index (Phi) is 6.67. The first-order valence-electron chi connectivity index (χ1n) is 11.8. The van der Waals surface area contributed by atoms with Crippen LogP contribution < -0.4 is 10.2 Å². The number of benzene rings is 3. The molecule has 1 aliphatic rings. The number of nitrogens with one attached hydrogen (secondary N) is 1. The van der Waals surface area contributed by atoms with E-state index in [1.807, 2.05) is 54.6 Å². The highest BCUT2D eigenvalue weighted by Gasteiger charge is 2.27. The number of methoxy groups -OCH3 is 1. The molecule has 7 heteroatoms. The fourth-order valence-electron chi connectivity index (χ4n) is 4.23. The van der Waals surface area contributed by atoms with Crippen molar-refractivity contribution in [3.8, 4) is 11.8 Å². The zero-order valence-electron chi connectivity index (χ0n) is 19.9. The van der Waals surface area contributed by atoms with Gasteiger partial charge in [0, 0.05) is 35.8 Å². The number of nitrogens with zero attached hydrogens (tertiary/aromatic N) is 2. The molecule has 3 aromatic carbocycles. The van der Waals surface area contributed by atoms with Crippen molar-refractivity contribution in [2.24, 2.45) is 5.92 Å². The molecule has 1 aliphatic heterocycles. The zero-order chi connectivity index (χ0) is 24.9. The van der Waals surface area contributed by atoms with Crippen LogP contribution in [0.1, 0.15) is 34.3 Å². The lowest BCUT2D eigenvalue weighted by Gasteiger charge is -2.30. The van der Waals surface area contributed by atoms with Crippen LogP contribution in [-0.2, 0) is 9.53 Å². The highest BCUT2D eigenvalue weighted by atomic mass is 16.5. The van der Waals surface area contributed by atoms with Crippen LogP contribution in [0.15, 0.2) is 77.2 Å². The first-order valence-corrected chi connectivity index (χ1v) is 11.8. The van der Waals surface area contributed by atoms with Crippen LogP contribution >= 0.6 is 0 Å². The molecule has 180 valence electrons. The molecule has 0 aliphatic carbocycles. The number of carbonyl (C=O) groups excluding carboxylic acids is 2. The number of esters is 1. The molecular formula is C29H25N3O4. The number of fused-ring (bicyclic) bond motifs is 1. The number of para-hydroxylation sites is 2. The third-order valence-corrected chi connectivity index (χ3v) is 6.18. The topological polar surface area (TPSA) is 84.7 Å². The molecule has 5 rings (SSSR count). The molecule has 1 amide bonds. The number of anilines is 2. The molecule has 0 saturated carbocycles. The van der Waals surface area contributed by atoms with Crippen LogP contribution in [0, 0.1) is 17.8 Å². The molecule has 0 atom stereocenters. The van der Waals surface area contributed by atoms with Crippen LogP contribution in [-0.4, -0.2) is 37.1 Å². The van der Waals surface area contributed by atoms with Crippen molar-refractivity contribution >= 4 is 34.7 Å². The Labute approximate surface area is 209 Å². The van der Waals surface area contributed by atoms with Crippen LogP contribution in [0.25, 0.3) is 11.1 Å².